The molecule has 3 rings (SSSR count). The first kappa shape index (κ1) is 13.3. The molecular formula is C18H18OS. The third-order valence-corrected chi connectivity index (χ3v) is 4.96. The Morgan fingerprint density at radius 1 is 1.05 bits per heavy atom. The van der Waals surface area contributed by atoms with Gasteiger partial charge in [-0.15, -0.1) is 11.3 Å². The number of rotatable bonds is 3. The molecule has 2 aromatic carbocycles. The van der Waals surface area contributed by atoms with Gasteiger partial charge in [-0.05, 0) is 36.9 Å². The lowest BCUT2D eigenvalue weighted by Gasteiger charge is -2.22. The molecule has 0 aliphatic heterocycles. The molecular weight excluding hydrogens is 264 g/mol. The molecule has 1 heterocycles. The second-order valence-corrected chi connectivity index (χ2v) is 6.67. The van der Waals surface area contributed by atoms with Gasteiger partial charge in [0.25, 0.3) is 0 Å². The number of hydrogen-bond acceptors (Lipinski definition) is 2. The molecule has 0 saturated carbocycles. The van der Waals surface area contributed by atoms with Crippen LogP contribution in [0, 0.1) is 6.92 Å². The van der Waals surface area contributed by atoms with Crippen LogP contribution in [-0.4, -0.2) is 5.11 Å². The minimum absolute atomic E-state index is 0.640. The minimum atomic E-state index is -0.822. The summed E-state index contributed by atoms with van der Waals surface area (Å²) in [7, 11) is 0. The van der Waals surface area contributed by atoms with Gasteiger partial charge in [-0.25, -0.2) is 0 Å². The fourth-order valence-corrected chi connectivity index (χ4v) is 3.66. The van der Waals surface area contributed by atoms with Crippen molar-refractivity contribution in [1.82, 2.24) is 0 Å². The van der Waals surface area contributed by atoms with E-state index in [0.29, 0.717) is 6.42 Å². The van der Waals surface area contributed by atoms with Crippen molar-refractivity contribution in [3.8, 4) is 0 Å². The molecule has 1 aromatic heterocycles. The highest BCUT2D eigenvalue weighted by Crippen LogP contribution is 2.35. The molecule has 1 unspecified atom stereocenters. The number of aryl methyl sites for hydroxylation is 1. The van der Waals surface area contributed by atoms with Crippen molar-refractivity contribution in [3.63, 3.8) is 0 Å². The van der Waals surface area contributed by atoms with Crippen LogP contribution in [0.3, 0.4) is 0 Å². The second kappa shape index (κ2) is 5.04. The summed E-state index contributed by atoms with van der Waals surface area (Å²) in [4.78, 5) is 1.03. The Kier molecular flexibility index (Phi) is 3.36. The summed E-state index contributed by atoms with van der Waals surface area (Å²) < 4.78 is 1.23. The molecule has 20 heavy (non-hydrogen) atoms. The van der Waals surface area contributed by atoms with Crippen molar-refractivity contribution < 1.29 is 5.11 Å². The Morgan fingerprint density at radius 3 is 2.60 bits per heavy atom. The summed E-state index contributed by atoms with van der Waals surface area (Å²) in [5.41, 5.74) is 1.58. The maximum atomic E-state index is 10.8. The van der Waals surface area contributed by atoms with E-state index in [0.717, 1.165) is 4.88 Å². The predicted octanol–water partition coefficient (Wildman–Crippen LogP) is 4.66. The van der Waals surface area contributed by atoms with Crippen molar-refractivity contribution in [2.24, 2.45) is 0 Å². The SMILES string of the molecule is Cc1cccc(CC(C)(O)c2cc3ccccc3s2)c1. The zero-order valence-corrected chi connectivity index (χ0v) is 12.6. The largest absolute Gasteiger partial charge is 0.384 e. The highest BCUT2D eigenvalue weighted by Gasteiger charge is 2.25. The van der Waals surface area contributed by atoms with Crippen molar-refractivity contribution in [2.45, 2.75) is 25.9 Å². The Bertz CT molecular complexity index is 707. The van der Waals surface area contributed by atoms with E-state index >= 15 is 0 Å². The second-order valence-electron chi connectivity index (χ2n) is 5.59. The fraction of sp³-hybridized carbons (Fsp3) is 0.222. The number of thiophene rings is 1. The zero-order valence-electron chi connectivity index (χ0n) is 11.8. The molecule has 3 aromatic rings. The van der Waals surface area contributed by atoms with E-state index in [1.54, 1.807) is 11.3 Å². The minimum Gasteiger partial charge on any atom is -0.384 e. The van der Waals surface area contributed by atoms with Crippen molar-refractivity contribution >= 4 is 21.4 Å². The topological polar surface area (TPSA) is 20.2 Å². The first-order valence-electron chi connectivity index (χ1n) is 6.82. The highest BCUT2D eigenvalue weighted by atomic mass is 32.1. The number of fused-ring (bicyclic) bond motifs is 1. The maximum Gasteiger partial charge on any atom is 0.1000 e. The molecule has 0 saturated heterocycles. The lowest BCUT2D eigenvalue weighted by molar-refractivity contribution is 0.0616. The van der Waals surface area contributed by atoms with Gasteiger partial charge < -0.3 is 5.11 Å². The monoisotopic (exact) mass is 282 g/mol. The molecule has 0 aliphatic rings. The van der Waals surface area contributed by atoms with Gasteiger partial charge in [-0.1, -0.05) is 48.0 Å². The van der Waals surface area contributed by atoms with Crippen LogP contribution in [0.5, 0.6) is 0 Å². The van der Waals surface area contributed by atoms with Crippen molar-refractivity contribution in [3.05, 3.63) is 70.6 Å². The smallest absolute Gasteiger partial charge is 0.1000 e. The molecule has 0 spiro atoms. The van der Waals surface area contributed by atoms with E-state index < -0.39 is 5.60 Å². The standard InChI is InChI=1S/C18H18OS/c1-13-6-5-7-14(10-13)12-18(2,19)17-11-15-8-3-4-9-16(15)20-17/h3-11,19H,12H2,1-2H3. The van der Waals surface area contributed by atoms with Gasteiger partial charge in [-0.3, -0.25) is 0 Å². The lowest BCUT2D eigenvalue weighted by Crippen LogP contribution is -2.22. The Balaban J connectivity index is 1.94. The van der Waals surface area contributed by atoms with E-state index in [1.165, 1.54) is 21.2 Å². The van der Waals surface area contributed by atoms with Gasteiger partial charge in [0, 0.05) is 16.0 Å². The number of hydrogen-bond donors (Lipinski definition) is 1. The first-order chi connectivity index (χ1) is 9.54. The Labute approximate surface area is 123 Å². The van der Waals surface area contributed by atoms with Gasteiger partial charge >= 0.3 is 0 Å². The normalized spacial score (nSPS) is 14.3. The van der Waals surface area contributed by atoms with E-state index in [1.807, 2.05) is 25.1 Å². The summed E-state index contributed by atoms with van der Waals surface area (Å²) in [6.45, 7) is 3.98. The van der Waals surface area contributed by atoms with Gasteiger partial charge in [0.1, 0.15) is 0 Å². The average Bonchev–Trinajstić information content (AvgIpc) is 2.82. The Morgan fingerprint density at radius 2 is 1.85 bits per heavy atom. The molecule has 0 aliphatic carbocycles. The van der Waals surface area contributed by atoms with Crippen molar-refractivity contribution in [1.29, 1.82) is 0 Å². The van der Waals surface area contributed by atoms with Crippen molar-refractivity contribution in [2.75, 3.05) is 0 Å². The molecule has 0 radical (unpaired) electrons. The molecule has 0 amide bonds. The Hall–Kier alpha value is -1.64. The van der Waals surface area contributed by atoms with Crippen LogP contribution in [-0.2, 0) is 12.0 Å². The highest BCUT2D eigenvalue weighted by molar-refractivity contribution is 7.19. The van der Waals surface area contributed by atoms with Gasteiger partial charge in [-0.2, -0.15) is 0 Å². The van der Waals surface area contributed by atoms with Gasteiger partial charge in [0.05, 0.1) is 5.60 Å². The molecule has 1 N–H and O–H groups in total. The summed E-state index contributed by atoms with van der Waals surface area (Å²) in [5, 5.41) is 12.0. The summed E-state index contributed by atoms with van der Waals surface area (Å²) in [6.07, 6.45) is 0.640. The molecule has 0 fully saturated rings. The molecule has 102 valence electrons. The van der Waals surface area contributed by atoms with Crippen LogP contribution in [0.2, 0.25) is 0 Å². The van der Waals surface area contributed by atoms with Crippen LogP contribution in [0.15, 0.2) is 54.6 Å². The average molecular weight is 282 g/mol. The van der Waals surface area contributed by atoms with E-state index in [9.17, 15) is 5.11 Å². The first-order valence-corrected chi connectivity index (χ1v) is 7.63. The van der Waals surface area contributed by atoms with Crippen LogP contribution in [0.1, 0.15) is 22.9 Å². The molecule has 1 nitrogen and oxygen atoms in total. The molecule has 1 atom stereocenters. The van der Waals surface area contributed by atoms with E-state index in [2.05, 4.69) is 43.3 Å². The molecule has 2 heteroatoms. The van der Waals surface area contributed by atoms with E-state index in [4.69, 9.17) is 0 Å². The maximum absolute atomic E-state index is 10.8. The fourth-order valence-electron chi connectivity index (χ4n) is 2.55. The van der Waals surface area contributed by atoms with Crippen LogP contribution < -0.4 is 0 Å². The lowest BCUT2D eigenvalue weighted by atomic mass is 9.94. The predicted molar refractivity (Wildman–Crippen MR) is 86.3 cm³/mol. The number of aliphatic hydroxyl groups is 1. The van der Waals surface area contributed by atoms with Gasteiger partial charge in [0.15, 0.2) is 0 Å². The van der Waals surface area contributed by atoms with Crippen LogP contribution in [0.25, 0.3) is 10.1 Å². The third kappa shape index (κ3) is 2.62. The van der Waals surface area contributed by atoms with Crippen LogP contribution in [0.4, 0.5) is 0 Å². The summed E-state index contributed by atoms with van der Waals surface area (Å²) in [6, 6.07) is 18.7. The number of benzene rings is 2. The van der Waals surface area contributed by atoms with Gasteiger partial charge in [0.2, 0.25) is 0 Å². The van der Waals surface area contributed by atoms with E-state index in [-0.39, 0.29) is 0 Å². The summed E-state index contributed by atoms with van der Waals surface area (Å²) >= 11 is 1.68. The van der Waals surface area contributed by atoms with Crippen LogP contribution >= 0.6 is 11.3 Å². The zero-order chi connectivity index (χ0) is 14.2. The molecule has 0 bridgehead atoms. The summed E-state index contributed by atoms with van der Waals surface area (Å²) in [5.74, 6) is 0. The third-order valence-electron chi connectivity index (χ3n) is 3.59. The quantitative estimate of drug-likeness (QED) is 0.740.